The molecular formula is C19H19Cl2N3O2S. The van der Waals surface area contributed by atoms with Crippen LogP contribution in [0.4, 0.5) is 0 Å². The highest BCUT2D eigenvalue weighted by Crippen LogP contribution is 2.39. The summed E-state index contributed by atoms with van der Waals surface area (Å²) in [6.07, 6.45) is 6.59. The van der Waals surface area contributed by atoms with Gasteiger partial charge in [0, 0.05) is 35.5 Å². The molecular weight excluding hydrogens is 405 g/mol. The van der Waals surface area contributed by atoms with Gasteiger partial charge in [-0.05, 0) is 30.5 Å². The number of hydrogen-bond acceptors (Lipinski definition) is 4. The number of piperidine rings is 1. The number of likely N-dealkylation sites (tertiary alicyclic amines) is 1. The van der Waals surface area contributed by atoms with Crippen LogP contribution in [0.2, 0.25) is 10.0 Å². The number of aromatic nitrogens is 2. The molecule has 8 heteroatoms. The van der Waals surface area contributed by atoms with Gasteiger partial charge in [0.05, 0.1) is 27.8 Å². The zero-order valence-electron chi connectivity index (χ0n) is 14.5. The Morgan fingerprint density at radius 3 is 2.74 bits per heavy atom. The van der Waals surface area contributed by atoms with Gasteiger partial charge in [0.25, 0.3) is 0 Å². The second-order valence-corrected chi connectivity index (χ2v) is 8.80. The van der Waals surface area contributed by atoms with Gasteiger partial charge >= 0.3 is 0 Å². The third-order valence-corrected chi connectivity index (χ3v) is 7.18. The van der Waals surface area contributed by atoms with Crippen molar-refractivity contribution >= 4 is 45.8 Å². The molecule has 1 atom stereocenters. The van der Waals surface area contributed by atoms with Crippen LogP contribution in [-0.4, -0.2) is 45.0 Å². The molecule has 1 aromatic heterocycles. The Kier molecular flexibility index (Phi) is 5.25. The van der Waals surface area contributed by atoms with Gasteiger partial charge in [-0.25, -0.2) is 0 Å². The van der Waals surface area contributed by atoms with Gasteiger partial charge in [0.15, 0.2) is 0 Å². The lowest BCUT2D eigenvalue weighted by molar-refractivity contribution is -0.137. The molecule has 1 aromatic carbocycles. The molecule has 1 fully saturated rings. The molecule has 0 bridgehead atoms. The quantitative estimate of drug-likeness (QED) is 0.784. The first kappa shape index (κ1) is 18.9. The molecule has 2 aromatic rings. The van der Waals surface area contributed by atoms with E-state index in [1.807, 2.05) is 17.2 Å². The fourth-order valence-electron chi connectivity index (χ4n) is 3.57. The molecule has 3 heterocycles. The van der Waals surface area contributed by atoms with Gasteiger partial charge in [0.2, 0.25) is 5.91 Å². The van der Waals surface area contributed by atoms with Crippen molar-refractivity contribution in [3.8, 4) is 0 Å². The van der Waals surface area contributed by atoms with Crippen molar-refractivity contribution in [2.45, 2.75) is 18.4 Å². The largest absolute Gasteiger partial charge is 0.385 e. The normalized spacial score (nSPS) is 22.0. The van der Waals surface area contributed by atoms with Gasteiger partial charge < -0.3 is 10.0 Å². The minimum Gasteiger partial charge on any atom is -0.385 e. The van der Waals surface area contributed by atoms with Crippen LogP contribution < -0.4 is 0 Å². The zero-order chi connectivity index (χ0) is 19.0. The molecule has 2 aliphatic heterocycles. The number of nitrogens with one attached hydrogen (secondary N) is 1. The van der Waals surface area contributed by atoms with Crippen molar-refractivity contribution in [3.05, 3.63) is 57.8 Å². The Morgan fingerprint density at radius 2 is 2.07 bits per heavy atom. The highest BCUT2D eigenvalue weighted by Gasteiger charge is 2.37. The number of aromatic amines is 1. The first-order valence-corrected chi connectivity index (χ1v) is 10.5. The highest BCUT2D eigenvalue weighted by atomic mass is 35.5. The molecule has 0 saturated carbocycles. The van der Waals surface area contributed by atoms with Crippen LogP contribution in [0.5, 0.6) is 0 Å². The smallest absolute Gasteiger partial charge is 0.230 e. The van der Waals surface area contributed by atoms with E-state index in [2.05, 4.69) is 10.2 Å². The molecule has 0 radical (unpaired) electrons. The van der Waals surface area contributed by atoms with E-state index in [9.17, 15) is 9.90 Å². The van der Waals surface area contributed by atoms with Crippen molar-refractivity contribution in [1.82, 2.24) is 15.1 Å². The van der Waals surface area contributed by atoms with Crippen LogP contribution in [-0.2, 0) is 10.4 Å². The molecule has 2 aliphatic rings. The number of carbonyl (C=O) groups is 1. The van der Waals surface area contributed by atoms with E-state index in [-0.39, 0.29) is 11.8 Å². The van der Waals surface area contributed by atoms with Crippen LogP contribution in [0.1, 0.15) is 24.0 Å². The Balaban J connectivity index is 1.41. The molecule has 1 amide bonds. The lowest BCUT2D eigenvalue weighted by atomic mass is 9.84. The minimum absolute atomic E-state index is 0.122. The van der Waals surface area contributed by atoms with Crippen molar-refractivity contribution in [3.63, 3.8) is 0 Å². The number of H-pyrrole nitrogens is 1. The van der Waals surface area contributed by atoms with Crippen LogP contribution in [0.3, 0.4) is 0 Å². The Bertz CT molecular complexity index is 877. The molecule has 0 spiro atoms. The first-order valence-electron chi connectivity index (χ1n) is 8.77. The van der Waals surface area contributed by atoms with Gasteiger partial charge in [0.1, 0.15) is 0 Å². The maximum Gasteiger partial charge on any atom is 0.230 e. The summed E-state index contributed by atoms with van der Waals surface area (Å²) in [5.74, 6) is 0.737. The van der Waals surface area contributed by atoms with Crippen molar-refractivity contribution in [2.24, 2.45) is 5.92 Å². The Hall–Kier alpha value is -1.47. The number of benzene rings is 1. The van der Waals surface area contributed by atoms with Crippen molar-refractivity contribution in [1.29, 1.82) is 0 Å². The summed E-state index contributed by atoms with van der Waals surface area (Å²) in [7, 11) is 0. The lowest BCUT2D eigenvalue weighted by Crippen LogP contribution is -2.47. The first-order chi connectivity index (χ1) is 13.0. The fraction of sp³-hybridized carbons (Fsp3) is 0.368. The van der Waals surface area contributed by atoms with Gasteiger partial charge in [-0.15, -0.1) is 11.8 Å². The van der Waals surface area contributed by atoms with Crippen molar-refractivity contribution < 1.29 is 9.90 Å². The van der Waals surface area contributed by atoms with Gasteiger partial charge in [-0.2, -0.15) is 5.10 Å². The summed E-state index contributed by atoms with van der Waals surface area (Å²) in [5.41, 5.74) is 0.790. The standard InChI is InChI=1S/C19H19Cl2N3O2S/c20-15-2-1-14(8-16(15)21)19(26)3-5-24(6-4-19)18(25)12-7-17(27-11-12)13-9-22-23-10-13/h1-2,7-10,12,26H,3-6,11H2,(H,22,23). The van der Waals surface area contributed by atoms with E-state index in [0.29, 0.717) is 36.0 Å². The van der Waals surface area contributed by atoms with Crippen LogP contribution in [0.25, 0.3) is 4.91 Å². The predicted octanol–water partition coefficient (Wildman–Crippen LogP) is 3.93. The maximum absolute atomic E-state index is 12.9. The average molecular weight is 424 g/mol. The Morgan fingerprint density at radius 1 is 1.30 bits per heavy atom. The monoisotopic (exact) mass is 423 g/mol. The van der Waals surface area contributed by atoms with E-state index in [1.165, 1.54) is 0 Å². The lowest BCUT2D eigenvalue weighted by Gasteiger charge is -2.39. The van der Waals surface area contributed by atoms with Gasteiger partial charge in [-0.3, -0.25) is 9.89 Å². The number of rotatable bonds is 3. The van der Waals surface area contributed by atoms with Gasteiger partial charge in [-0.1, -0.05) is 35.3 Å². The third-order valence-electron chi connectivity index (χ3n) is 5.23. The summed E-state index contributed by atoms with van der Waals surface area (Å²) < 4.78 is 0. The molecule has 4 rings (SSSR count). The second-order valence-electron chi connectivity index (χ2n) is 6.92. The third kappa shape index (κ3) is 3.76. The molecule has 1 unspecified atom stereocenters. The molecule has 0 aliphatic carbocycles. The number of aliphatic hydroxyl groups is 1. The number of thioether (sulfide) groups is 1. The van der Waals surface area contributed by atoms with Crippen LogP contribution in [0, 0.1) is 5.92 Å². The summed E-state index contributed by atoms with van der Waals surface area (Å²) >= 11 is 13.7. The van der Waals surface area contributed by atoms with E-state index in [1.54, 1.807) is 36.2 Å². The molecule has 2 N–H and O–H groups in total. The summed E-state index contributed by atoms with van der Waals surface area (Å²) in [6, 6.07) is 5.22. The SMILES string of the molecule is O=C(C1C=C(c2cn[nH]c2)SC1)N1CCC(O)(c2ccc(Cl)c(Cl)c2)CC1. The Labute approximate surface area is 171 Å². The van der Waals surface area contributed by atoms with Crippen LogP contribution in [0.15, 0.2) is 36.7 Å². The second kappa shape index (κ2) is 7.51. The zero-order valence-corrected chi connectivity index (χ0v) is 16.8. The van der Waals surface area contributed by atoms with Crippen LogP contribution >= 0.6 is 35.0 Å². The minimum atomic E-state index is -0.979. The van der Waals surface area contributed by atoms with E-state index < -0.39 is 5.60 Å². The summed E-state index contributed by atoms with van der Waals surface area (Å²) in [5, 5.41) is 18.7. The molecule has 1 saturated heterocycles. The summed E-state index contributed by atoms with van der Waals surface area (Å²) in [4.78, 5) is 15.8. The highest BCUT2D eigenvalue weighted by molar-refractivity contribution is 8.08. The molecule has 142 valence electrons. The fourth-order valence-corrected chi connectivity index (χ4v) is 5.01. The maximum atomic E-state index is 12.9. The molecule has 27 heavy (non-hydrogen) atoms. The average Bonchev–Trinajstić information content (AvgIpc) is 3.35. The number of carbonyl (C=O) groups excluding carboxylic acids is 1. The van der Waals surface area contributed by atoms with E-state index in [4.69, 9.17) is 23.2 Å². The van der Waals surface area contributed by atoms with E-state index >= 15 is 0 Å². The van der Waals surface area contributed by atoms with Crippen molar-refractivity contribution in [2.75, 3.05) is 18.8 Å². The number of nitrogens with zero attached hydrogens (tertiary/aromatic N) is 2. The number of halogens is 2. The molecule has 5 nitrogen and oxygen atoms in total. The number of amides is 1. The number of hydrogen-bond donors (Lipinski definition) is 2. The predicted molar refractivity (Wildman–Crippen MR) is 109 cm³/mol. The summed E-state index contributed by atoms with van der Waals surface area (Å²) in [6.45, 7) is 1.04. The topological polar surface area (TPSA) is 69.2 Å². The van der Waals surface area contributed by atoms with E-state index in [0.717, 1.165) is 21.8 Å².